The van der Waals surface area contributed by atoms with Crippen molar-refractivity contribution >= 4 is 11.5 Å². The lowest BCUT2D eigenvalue weighted by molar-refractivity contribution is 0.129. The van der Waals surface area contributed by atoms with Crippen LogP contribution in [0.15, 0.2) is 30.3 Å². The lowest BCUT2D eigenvalue weighted by Gasteiger charge is -2.24. The van der Waals surface area contributed by atoms with E-state index in [1.54, 1.807) is 4.52 Å². The number of fused-ring (bicyclic) bond motifs is 1. The number of aromatic nitrogens is 4. The summed E-state index contributed by atoms with van der Waals surface area (Å²) in [5.41, 5.74) is 2.78. The summed E-state index contributed by atoms with van der Waals surface area (Å²) in [5.74, 6) is 2.44. The topological polar surface area (TPSA) is 64.3 Å². The molecule has 1 N–H and O–H groups in total. The summed E-state index contributed by atoms with van der Waals surface area (Å²) in [6, 6.07) is 10.1. The van der Waals surface area contributed by atoms with E-state index in [0.29, 0.717) is 6.54 Å². The van der Waals surface area contributed by atoms with Crippen molar-refractivity contribution in [2.75, 3.05) is 5.32 Å². The number of aryl methyl sites for hydroxylation is 2. The van der Waals surface area contributed by atoms with Gasteiger partial charge in [-0.1, -0.05) is 12.1 Å². The Morgan fingerprint density at radius 3 is 2.62 bits per heavy atom. The van der Waals surface area contributed by atoms with E-state index in [-0.39, 0.29) is 5.60 Å². The first-order valence-corrected chi connectivity index (χ1v) is 8.03. The molecule has 0 unspecified atom stereocenters. The number of hydrogen-bond acceptors (Lipinski definition) is 5. The van der Waals surface area contributed by atoms with Crippen LogP contribution in [0.3, 0.4) is 0 Å². The number of nitrogens with one attached hydrogen (secondary N) is 1. The molecular formula is C18H23N5O. The third-order valence-electron chi connectivity index (χ3n) is 3.52. The van der Waals surface area contributed by atoms with Crippen LogP contribution in [0.4, 0.5) is 5.82 Å². The largest absolute Gasteiger partial charge is 0.488 e. The first-order chi connectivity index (χ1) is 11.3. The number of rotatable bonds is 4. The molecule has 126 valence electrons. The number of ether oxygens (including phenoxy) is 1. The van der Waals surface area contributed by atoms with Gasteiger partial charge in [0.2, 0.25) is 0 Å². The SMILES string of the molecule is Cc1ccc(CNc2ccc3nnc(C)n3n2)c(OC(C)(C)C)c1. The van der Waals surface area contributed by atoms with E-state index in [0.717, 1.165) is 28.6 Å². The Bertz CT molecular complexity index is 863. The van der Waals surface area contributed by atoms with Gasteiger partial charge < -0.3 is 10.1 Å². The summed E-state index contributed by atoms with van der Waals surface area (Å²) in [5, 5.41) is 15.9. The molecular weight excluding hydrogens is 302 g/mol. The summed E-state index contributed by atoms with van der Waals surface area (Å²) in [6.07, 6.45) is 0. The fraction of sp³-hybridized carbons (Fsp3) is 0.389. The molecule has 1 aromatic carbocycles. The van der Waals surface area contributed by atoms with Crippen LogP contribution in [0.5, 0.6) is 5.75 Å². The van der Waals surface area contributed by atoms with Gasteiger partial charge in [-0.25, -0.2) is 0 Å². The zero-order chi connectivity index (χ0) is 17.3. The molecule has 0 saturated carbocycles. The van der Waals surface area contributed by atoms with Gasteiger partial charge in [0.1, 0.15) is 17.2 Å². The average molecular weight is 325 g/mol. The molecule has 0 spiro atoms. The highest BCUT2D eigenvalue weighted by molar-refractivity contribution is 5.45. The summed E-state index contributed by atoms with van der Waals surface area (Å²) >= 11 is 0. The van der Waals surface area contributed by atoms with Crippen molar-refractivity contribution in [3.05, 3.63) is 47.3 Å². The Kier molecular flexibility index (Phi) is 4.13. The summed E-state index contributed by atoms with van der Waals surface area (Å²) in [7, 11) is 0. The average Bonchev–Trinajstić information content (AvgIpc) is 2.86. The Morgan fingerprint density at radius 1 is 1.08 bits per heavy atom. The highest BCUT2D eigenvalue weighted by atomic mass is 16.5. The third-order valence-corrected chi connectivity index (χ3v) is 3.52. The second kappa shape index (κ2) is 6.11. The van der Waals surface area contributed by atoms with Crippen LogP contribution in [-0.2, 0) is 6.54 Å². The van der Waals surface area contributed by atoms with Crippen molar-refractivity contribution in [2.24, 2.45) is 0 Å². The minimum Gasteiger partial charge on any atom is -0.488 e. The lowest BCUT2D eigenvalue weighted by Crippen LogP contribution is -2.24. The quantitative estimate of drug-likeness (QED) is 0.795. The Labute approximate surface area is 141 Å². The van der Waals surface area contributed by atoms with E-state index < -0.39 is 0 Å². The second-order valence-electron chi connectivity index (χ2n) is 6.91. The molecule has 2 heterocycles. The number of nitrogens with zero attached hydrogens (tertiary/aromatic N) is 4. The molecule has 0 aliphatic heterocycles. The van der Waals surface area contributed by atoms with Crippen molar-refractivity contribution in [1.29, 1.82) is 0 Å². The smallest absolute Gasteiger partial charge is 0.178 e. The van der Waals surface area contributed by atoms with Crippen LogP contribution >= 0.6 is 0 Å². The molecule has 0 bridgehead atoms. The maximum atomic E-state index is 6.09. The molecule has 0 amide bonds. The normalized spacial score (nSPS) is 11.7. The standard InChI is InChI=1S/C18H23N5O/c1-12-6-7-14(15(10-12)24-18(3,4)5)11-19-16-8-9-17-21-20-13(2)23(17)22-16/h6-10H,11H2,1-5H3,(H,19,22). The van der Waals surface area contributed by atoms with Crippen LogP contribution in [0.1, 0.15) is 37.7 Å². The molecule has 6 nitrogen and oxygen atoms in total. The fourth-order valence-corrected chi connectivity index (χ4v) is 2.41. The molecule has 0 radical (unpaired) electrons. The minimum atomic E-state index is -0.237. The molecule has 24 heavy (non-hydrogen) atoms. The van der Waals surface area contributed by atoms with E-state index in [1.807, 2.05) is 19.1 Å². The van der Waals surface area contributed by atoms with E-state index >= 15 is 0 Å². The van der Waals surface area contributed by atoms with E-state index in [4.69, 9.17) is 4.74 Å². The van der Waals surface area contributed by atoms with Crippen molar-refractivity contribution in [2.45, 2.75) is 46.8 Å². The molecule has 2 aromatic heterocycles. The second-order valence-corrected chi connectivity index (χ2v) is 6.91. The van der Waals surface area contributed by atoms with Crippen LogP contribution < -0.4 is 10.1 Å². The summed E-state index contributed by atoms with van der Waals surface area (Å²) in [6.45, 7) is 10.7. The van der Waals surface area contributed by atoms with Crippen LogP contribution in [-0.4, -0.2) is 25.4 Å². The molecule has 6 heteroatoms. The first-order valence-electron chi connectivity index (χ1n) is 8.03. The van der Waals surface area contributed by atoms with Crippen LogP contribution in [0.25, 0.3) is 5.65 Å². The van der Waals surface area contributed by atoms with Gasteiger partial charge in [0.05, 0.1) is 0 Å². The van der Waals surface area contributed by atoms with Crippen molar-refractivity contribution < 1.29 is 4.74 Å². The summed E-state index contributed by atoms with van der Waals surface area (Å²) in [4.78, 5) is 0. The zero-order valence-electron chi connectivity index (χ0n) is 14.8. The van der Waals surface area contributed by atoms with Gasteiger partial charge in [-0.15, -0.1) is 15.3 Å². The molecule has 3 rings (SSSR count). The number of benzene rings is 1. The van der Waals surface area contributed by atoms with Gasteiger partial charge in [-0.2, -0.15) is 4.52 Å². The summed E-state index contributed by atoms with van der Waals surface area (Å²) < 4.78 is 7.82. The highest BCUT2D eigenvalue weighted by Gasteiger charge is 2.15. The molecule has 3 aromatic rings. The van der Waals surface area contributed by atoms with Crippen LogP contribution in [0.2, 0.25) is 0 Å². The van der Waals surface area contributed by atoms with Crippen LogP contribution in [0, 0.1) is 13.8 Å². The molecule has 0 aliphatic rings. The Balaban J connectivity index is 1.81. The molecule has 0 aliphatic carbocycles. The van der Waals surface area contributed by atoms with Crippen molar-refractivity contribution in [1.82, 2.24) is 19.8 Å². The van der Waals surface area contributed by atoms with Crippen molar-refractivity contribution in [3.63, 3.8) is 0 Å². The molecule has 0 fully saturated rings. The predicted octanol–water partition coefficient (Wildman–Crippen LogP) is 3.53. The van der Waals surface area contributed by atoms with Gasteiger partial charge in [-0.3, -0.25) is 0 Å². The Morgan fingerprint density at radius 2 is 1.88 bits per heavy atom. The van der Waals surface area contributed by atoms with E-state index in [1.165, 1.54) is 5.56 Å². The third kappa shape index (κ3) is 3.64. The fourth-order valence-electron chi connectivity index (χ4n) is 2.41. The van der Waals surface area contributed by atoms with E-state index in [2.05, 4.69) is 66.5 Å². The van der Waals surface area contributed by atoms with Gasteiger partial charge in [0.15, 0.2) is 11.5 Å². The zero-order valence-corrected chi connectivity index (χ0v) is 14.8. The number of anilines is 1. The Hall–Kier alpha value is -2.63. The minimum absolute atomic E-state index is 0.237. The van der Waals surface area contributed by atoms with Gasteiger partial charge in [-0.05, 0) is 58.4 Å². The first kappa shape index (κ1) is 16.2. The maximum Gasteiger partial charge on any atom is 0.178 e. The van der Waals surface area contributed by atoms with Gasteiger partial charge in [0, 0.05) is 12.1 Å². The molecule has 0 atom stereocenters. The van der Waals surface area contributed by atoms with Crippen molar-refractivity contribution in [3.8, 4) is 5.75 Å². The predicted molar refractivity (Wildman–Crippen MR) is 94.4 cm³/mol. The lowest BCUT2D eigenvalue weighted by atomic mass is 10.1. The maximum absolute atomic E-state index is 6.09. The molecule has 0 saturated heterocycles. The monoisotopic (exact) mass is 325 g/mol. The number of hydrogen-bond donors (Lipinski definition) is 1. The van der Waals surface area contributed by atoms with Gasteiger partial charge in [0.25, 0.3) is 0 Å². The van der Waals surface area contributed by atoms with E-state index in [9.17, 15) is 0 Å². The highest BCUT2D eigenvalue weighted by Crippen LogP contribution is 2.25. The van der Waals surface area contributed by atoms with Gasteiger partial charge >= 0.3 is 0 Å².